The first-order valence-corrected chi connectivity index (χ1v) is 8.11. The van der Waals surface area contributed by atoms with Crippen LogP contribution in [0, 0.1) is 0 Å². The first-order chi connectivity index (χ1) is 8.60. The van der Waals surface area contributed by atoms with Crippen LogP contribution in [0.3, 0.4) is 0 Å². The van der Waals surface area contributed by atoms with Crippen LogP contribution >= 0.6 is 0 Å². The van der Waals surface area contributed by atoms with Gasteiger partial charge < -0.3 is 10.1 Å². The fraction of sp³-hybridized carbons (Fsp3) is 1.00. The van der Waals surface area contributed by atoms with Gasteiger partial charge in [-0.05, 0) is 0 Å². The molecule has 1 aliphatic heterocycles. The second-order valence-corrected chi connectivity index (χ2v) is 6.48. The number of nitrogens with zero attached hydrogens (tertiary/aromatic N) is 2. The number of ether oxygens (including phenoxy) is 1. The molecule has 0 spiro atoms. The molecule has 0 atom stereocenters. The topological polar surface area (TPSA) is 61.9 Å². The first-order valence-electron chi connectivity index (χ1n) is 6.50. The number of rotatable bonds is 8. The van der Waals surface area contributed by atoms with Crippen molar-refractivity contribution in [3.05, 3.63) is 0 Å². The van der Waals surface area contributed by atoms with E-state index >= 15 is 0 Å². The monoisotopic (exact) mass is 279 g/mol. The van der Waals surface area contributed by atoms with E-state index in [1.54, 1.807) is 7.11 Å². The molecule has 0 radical (unpaired) electrons. The molecule has 108 valence electrons. The van der Waals surface area contributed by atoms with E-state index in [4.69, 9.17) is 4.74 Å². The molecule has 0 unspecified atom stereocenters. The molecule has 1 fully saturated rings. The first kappa shape index (κ1) is 15.8. The number of hydrogen-bond donors (Lipinski definition) is 1. The van der Waals surface area contributed by atoms with Crippen molar-refractivity contribution in [3.8, 4) is 0 Å². The molecule has 1 N–H and O–H groups in total. The zero-order valence-electron chi connectivity index (χ0n) is 11.4. The lowest BCUT2D eigenvalue weighted by Crippen LogP contribution is -2.46. The average molecular weight is 279 g/mol. The Hall–Kier alpha value is -0.210. The lowest BCUT2D eigenvalue weighted by atomic mass is 10.4. The average Bonchev–Trinajstić information content (AvgIpc) is 2.38. The van der Waals surface area contributed by atoms with Crippen molar-refractivity contribution >= 4 is 10.0 Å². The van der Waals surface area contributed by atoms with Crippen LogP contribution in [-0.4, -0.2) is 82.9 Å². The third kappa shape index (κ3) is 5.19. The van der Waals surface area contributed by atoms with Gasteiger partial charge in [0.05, 0.1) is 12.4 Å². The fourth-order valence-electron chi connectivity index (χ4n) is 2.00. The summed E-state index contributed by atoms with van der Waals surface area (Å²) >= 11 is 0. The SMILES string of the molecule is CCN(CCOC)S(=O)(=O)CCN1CCNCC1. The van der Waals surface area contributed by atoms with Crippen molar-refractivity contribution in [3.63, 3.8) is 0 Å². The summed E-state index contributed by atoms with van der Waals surface area (Å²) in [7, 11) is -1.57. The van der Waals surface area contributed by atoms with Gasteiger partial charge >= 0.3 is 0 Å². The van der Waals surface area contributed by atoms with Crippen LogP contribution in [0.5, 0.6) is 0 Å². The van der Waals surface area contributed by atoms with Crippen LogP contribution in [0.25, 0.3) is 0 Å². The molecule has 0 amide bonds. The number of nitrogens with one attached hydrogen (secondary N) is 1. The summed E-state index contributed by atoms with van der Waals surface area (Å²) in [5.74, 6) is 0.199. The van der Waals surface area contributed by atoms with Gasteiger partial charge in [0.25, 0.3) is 0 Å². The van der Waals surface area contributed by atoms with Crippen molar-refractivity contribution in [2.24, 2.45) is 0 Å². The molecule has 0 saturated carbocycles. The van der Waals surface area contributed by atoms with Crippen molar-refractivity contribution in [1.29, 1.82) is 0 Å². The predicted molar refractivity (Wildman–Crippen MR) is 72.2 cm³/mol. The van der Waals surface area contributed by atoms with E-state index in [0.29, 0.717) is 26.2 Å². The Balaban J connectivity index is 2.40. The molecule has 1 aliphatic rings. The lowest BCUT2D eigenvalue weighted by molar-refractivity contribution is 0.180. The van der Waals surface area contributed by atoms with E-state index in [1.165, 1.54) is 4.31 Å². The summed E-state index contributed by atoms with van der Waals surface area (Å²) < 4.78 is 30.7. The normalized spacial score (nSPS) is 18.4. The second kappa shape index (κ2) is 8.06. The highest BCUT2D eigenvalue weighted by molar-refractivity contribution is 7.89. The maximum Gasteiger partial charge on any atom is 0.215 e. The van der Waals surface area contributed by atoms with Gasteiger partial charge in [0.15, 0.2) is 0 Å². The van der Waals surface area contributed by atoms with E-state index in [0.717, 1.165) is 26.2 Å². The zero-order chi connectivity index (χ0) is 13.4. The van der Waals surface area contributed by atoms with Crippen molar-refractivity contribution < 1.29 is 13.2 Å². The van der Waals surface area contributed by atoms with E-state index in [1.807, 2.05) is 6.92 Å². The maximum atomic E-state index is 12.1. The Morgan fingerprint density at radius 3 is 2.56 bits per heavy atom. The fourth-order valence-corrected chi connectivity index (χ4v) is 3.49. The summed E-state index contributed by atoms with van der Waals surface area (Å²) in [5.41, 5.74) is 0. The number of likely N-dealkylation sites (N-methyl/N-ethyl adjacent to an activating group) is 1. The highest BCUT2D eigenvalue weighted by atomic mass is 32.2. The van der Waals surface area contributed by atoms with E-state index < -0.39 is 10.0 Å². The summed E-state index contributed by atoms with van der Waals surface area (Å²) in [6.45, 7) is 7.62. The number of hydrogen-bond acceptors (Lipinski definition) is 5. The van der Waals surface area contributed by atoms with Gasteiger partial charge in [-0.2, -0.15) is 4.31 Å². The molecule has 0 aromatic carbocycles. The van der Waals surface area contributed by atoms with Crippen molar-refractivity contribution in [1.82, 2.24) is 14.5 Å². The van der Waals surface area contributed by atoms with Crippen molar-refractivity contribution in [2.45, 2.75) is 6.92 Å². The third-order valence-corrected chi connectivity index (χ3v) is 5.09. The standard InChI is InChI=1S/C11H25N3O3S/c1-3-14(8-10-17-2)18(15,16)11-9-13-6-4-12-5-7-13/h12H,3-11H2,1-2H3. The number of piperazine rings is 1. The largest absolute Gasteiger partial charge is 0.383 e. The summed E-state index contributed by atoms with van der Waals surface area (Å²) in [5, 5.41) is 3.26. The minimum atomic E-state index is -3.15. The van der Waals surface area contributed by atoms with Crippen LogP contribution in [-0.2, 0) is 14.8 Å². The molecule has 0 bridgehead atoms. The highest BCUT2D eigenvalue weighted by Crippen LogP contribution is 2.03. The quantitative estimate of drug-likeness (QED) is 0.630. The minimum absolute atomic E-state index is 0.199. The molecule has 18 heavy (non-hydrogen) atoms. The summed E-state index contributed by atoms with van der Waals surface area (Å²) in [6, 6.07) is 0. The Bertz CT molecular complexity index is 315. The Morgan fingerprint density at radius 1 is 1.33 bits per heavy atom. The van der Waals surface area contributed by atoms with E-state index in [2.05, 4.69) is 10.2 Å². The Kier molecular flexibility index (Phi) is 7.10. The molecule has 1 saturated heterocycles. The molecule has 1 rings (SSSR count). The Labute approximate surface area is 110 Å². The number of methoxy groups -OCH3 is 1. The van der Waals surface area contributed by atoms with Crippen molar-refractivity contribution in [2.75, 3.05) is 65.3 Å². The molecular weight excluding hydrogens is 254 g/mol. The molecule has 6 nitrogen and oxygen atoms in total. The maximum absolute atomic E-state index is 12.1. The Morgan fingerprint density at radius 2 is 2.00 bits per heavy atom. The molecule has 0 aromatic heterocycles. The van der Waals surface area contributed by atoms with Crippen LogP contribution < -0.4 is 5.32 Å². The number of sulfonamides is 1. The smallest absolute Gasteiger partial charge is 0.215 e. The highest BCUT2D eigenvalue weighted by Gasteiger charge is 2.21. The van der Waals surface area contributed by atoms with Gasteiger partial charge in [-0.15, -0.1) is 0 Å². The molecule has 0 aliphatic carbocycles. The summed E-state index contributed by atoms with van der Waals surface area (Å²) in [6.07, 6.45) is 0. The van der Waals surface area contributed by atoms with Gasteiger partial charge in [-0.1, -0.05) is 6.92 Å². The van der Waals surface area contributed by atoms with Crippen LogP contribution in [0.1, 0.15) is 6.92 Å². The minimum Gasteiger partial charge on any atom is -0.383 e. The van der Waals surface area contributed by atoms with Gasteiger partial charge in [-0.3, -0.25) is 4.90 Å². The van der Waals surface area contributed by atoms with Gasteiger partial charge in [0.2, 0.25) is 10.0 Å². The van der Waals surface area contributed by atoms with E-state index in [9.17, 15) is 8.42 Å². The predicted octanol–water partition coefficient (Wildman–Crippen LogP) is -0.810. The van der Waals surface area contributed by atoms with Gasteiger partial charge in [0.1, 0.15) is 0 Å². The lowest BCUT2D eigenvalue weighted by Gasteiger charge is -2.28. The molecule has 7 heteroatoms. The van der Waals surface area contributed by atoms with Crippen LogP contribution in [0.2, 0.25) is 0 Å². The molecular formula is C11H25N3O3S. The van der Waals surface area contributed by atoms with E-state index in [-0.39, 0.29) is 5.75 Å². The van der Waals surface area contributed by atoms with Gasteiger partial charge in [-0.25, -0.2) is 8.42 Å². The molecule has 0 aromatic rings. The zero-order valence-corrected chi connectivity index (χ0v) is 12.2. The van der Waals surface area contributed by atoms with Crippen LogP contribution in [0.4, 0.5) is 0 Å². The van der Waals surface area contributed by atoms with Crippen LogP contribution in [0.15, 0.2) is 0 Å². The third-order valence-electron chi connectivity index (χ3n) is 3.17. The second-order valence-electron chi connectivity index (χ2n) is 4.39. The summed E-state index contributed by atoms with van der Waals surface area (Å²) in [4.78, 5) is 2.19. The molecule has 1 heterocycles. The van der Waals surface area contributed by atoms with Gasteiger partial charge in [0, 0.05) is 52.9 Å².